The molecule has 15 heteroatoms. The number of cyclic esters (lactones) is 2. The van der Waals surface area contributed by atoms with E-state index in [9.17, 15) is 29.1 Å². The maximum Gasteiger partial charge on any atom is 0.410 e. The molecule has 1 saturated heterocycles. The monoisotopic (exact) mass is 886 g/mol. The number of alkyl halides is 1. The molecule has 2 aromatic carbocycles. The van der Waals surface area contributed by atoms with E-state index in [4.69, 9.17) is 37.4 Å². The van der Waals surface area contributed by atoms with E-state index >= 15 is 0 Å². The van der Waals surface area contributed by atoms with Crippen molar-refractivity contribution in [2.45, 2.75) is 123 Å². The van der Waals surface area contributed by atoms with Crippen LogP contribution in [-0.2, 0) is 46.4 Å². The number of benzene rings is 2. The van der Waals surface area contributed by atoms with Gasteiger partial charge in [-0.25, -0.2) is 9.59 Å². The number of nitrogens with one attached hydrogen (secondary N) is 2. The molecule has 0 aromatic heterocycles. The number of amides is 3. The van der Waals surface area contributed by atoms with Crippen LogP contribution in [0.25, 0.3) is 0 Å². The number of carbonyl (C=O) groups excluding carboxylic acids is 5. The van der Waals surface area contributed by atoms with E-state index in [1.165, 1.54) is 12.2 Å². The van der Waals surface area contributed by atoms with E-state index in [1.54, 1.807) is 31.7 Å². The van der Waals surface area contributed by atoms with Crippen LogP contribution >= 0.6 is 23.2 Å². The lowest BCUT2D eigenvalue weighted by Gasteiger charge is -2.35. The summed E-state index contributed by atoms with van der Waals surface area (Å²) in [5, 5.41) is 16.8. The Morgan fingerprint density at radius 1 is 0.984 bits per heavy atom. The number of piperazine rings is 1. The molecule has 2 aromatic rings. The number of nitrogens with zero attached hydrogens (tertiary/aromatic N) is 2. The molecule has 13 nitrogen and oxygen atoms in total. The van der Waals surface area contributed by atoms with Crippen molar-refractivity contribution in [1.29, 1.82) is 0 Å². The third-order valence-electron chi connectivity index (χ3n) is 10.8. The number of aliphatic hydroxyl groups is 1. The largest absolute Gasteiger partial charge is 0.459 e. The van der Waals surface area contributed by atoms with Crippen LogP contribution in [0.5, 0.6) is 0 Å². The molecule has 0 saturated carbocycles. The normalized spacial score (nSPS) is 23.2. The molecule has 2 heterocycles. The van der Waals surface area contributed by atoms with Gasteiger partial charge in [-0.15, -0.1) is 11.6 Å². The van der Waals surface area contributed by atoms with Gasteiger partial charge in [0.05, 0.1) is 16.9 Å². The Bertz CT molecular complexity index is 1870. The van der Waals surface area contributed by atoms with Crippen LogP contribution in [0.2, 0.25) is 5.02 Å². The Morgan fingerprint density at radius 3 is 2.23 bits per heavy atom. The van der Waals surface area contributed by atoms with E-state index in [0.29, 0.717) is 43.3 Å². The van der Waals surface area contributed by atoms with Gasteiger partial charge in [-0.05, 0) is 88.3 Å². The number of esters is 2. The van der Waals surface area contributed by atoms with Crippen molar-refractivity contribution in [3.8, 4) is 0 Å². The molecule has 6 atom stereocenters. The quantitative estimate of drug-likeness (QED) is 0.133. The Hall–Kier alpha value is -4.17. The van der Waals surface area contributed by atoms with Gasteiger partial charge in [0.2, 0.25) is 11.8 Å². The molecule has 61 heavy (non-hydrogen) atoms. The number of aryl methyl sites for hydroxylation is 1. The molecule has 0 bridgehead atoms. The van der Waals surface area contributed by atoms with Gasteiger partial charge in [0.25, 0.3) is 0 Å². The fourth-order valence-electron chi connectivity index (χ4n) is 6.91. The second-order valence-corrected chi connectivity index (χ2v) is 19.2. The molecule has 3 N–H and O–H groups in total. The fourth-order valence-corrected chi connectivity index (χ4v) is 7.49. The van der Waals surface area contributed by atoms with E-state index in [0.717, 1.165) is 16.7 Å². The lowest BCUT2D eigenvalue weighted by molar-refractivity contribution is -0.180. The Labute approximate surface area is 370 Å². The summed E-state index contributed by atoms with van der Waals surface area (Å²) in [6.45, 7) is 19.1. The highest BCUT2D eigenvalue weighted by Gasteiger charge is 2.39. The molecular formula is C46H64Cl2N4O9. The van der Waals surface area contributed by atoms with Gasteiger partial charge in [0.1, 0.15) is 17.7 Å². The maximum atomic E-state index is 13.8. The number of aliphatic hydroxyl groups excluding tert-OH is 1. The topological polar surface area (TPSA) is 164 Å². The van der Waals surface area contributed by atoms with Crippen LogP contribution < -0.4 is 10.6 Å². The van der Waals surface area contributed by atoms with E-state index in [2.05, 4.69) is 15.5 Å². The Kier molecular flexibility index (Phi) is 17.7. The summed E-state index contributed by atoms with van der Waals surface area (Å²) in [6.07, 6.45) is -0.716. The van der Waals surface area contributed by atoms with Gasteiger partial charge in [-0.2, -0.15) is 0 Å². The van der Waals surface area contributed by atoms with Gasteiger partial charge in [-0.3, -0.25) is 19.3 Å². The maximum absolute atomic E-state index is 13.8. The molecule has 2 aliphatic heterocycles. The molecular weight excluding hydrogens is 823 g/mol. The summed E-state index contributed by atoms with van der Waals surface area (Å²) in [6, 6.07) is 12.0. The van der Waals surface area contributed by atoms with Crippen molar-refractivity contribution in [2.24, 2.45) is 17.3 Å². The predicted octanol–water partition coefficient (Wildman–Crippen LogP) is 6.68. The Morgan fingerprint density at radius 2 is 1.62 bits per heavy atom. The van der Waals surface area contributed by atoms with Crippen LogP contribution in [0, 0.1) is 24.2 Å². The van der Waals surface area contributed by atoms with E-state index in [1.807, 2.05) is 77.9 Å². The third-order valence-corrected chi connectivity index (χ3v) is 11.7. The average Bonchev–Trinajstić information content (AvgIpc) is 3.19. The minimum atomic E-state index is -1.27. The molecule has 0 spiro atoms. The second-order valence-electron chi connectivity index (χ2n) is 18.3. The highest BCUT2D eigenvalue weighted by molar-refractivity contribution is 6.31. The van der Waals surface area contributed by atoms with Crippen LogP contribution in [0.4, 0.5) is 4.79 Å². The van der Waals surface area contributed by atoms with Gasteiger partial charge >= 0.3 is 18.0 Å². The van der Waals surface area contributed by atoms with Crippen LogP contribution in [-0.4, -0.2) is 107 Å². The van der Waals surface area contributed by atoms with Gasteiger partial charge < -0.3 is 34.9 Å². The molecule has 3 amide bonds. The predicted molar refractivity (Wildman–Crippen MR) is 235 cm³/mol. The van der Waals surface area contributed by atoms with Gasteiger partial charge in [0, 0.05) is 63.1 Å². The lowest BCUT2D eigenvalue weighted by Crippen LogP contribution is -2.51. The number of carbonyl (C=O) groups is 5. The highest BCUT2D eigenvalue weighted by atomic mass is 35.5. The SMILES string of the molecule is Cc1ccc(CC2NC(=O)/C=C/CC(C(C)C(O)C(Cl)c3ccc(CN4CCN(C(=O)OC(C)(C)C)CC4)cc3)OC(=O)C(CC(C)C)OC(=O)C(C)(C)CNC2=O)cc1Cl. The zero-order chi connectivity index (χ0) is 45.2. The van der Waals surface area contributed by atoms with Crippen molar-refractivity contribution in [2.75, 3.05) is 32.7 Å². The van der Waals surface area contributed by atoms with E-state index < -0.39 is 70.4 Å². The number of hydrogen-bond donors (Lipinski definition) is 3. The zero-order valence-electron chi connectivity index (χ0n) is 37.0. The molecule has 2 aliphatic rings. The first kappa shape index (κ1) is 49.5. The van der Waals surface area contributed by atoms with Crippen LogP contribution in [0.1, 0.15) is 95.9 Å². The van der Waals surface area contributed by atoms with E-state index in [-0.39, 0.29) is 37.8 Å². The van der Waals surface area contributed by atoms with Crippen molar-refractivity contribution < 1.29 is 43.3 Å². The second kappa shape index (κ2) is 21.8. The summed E-state index contributed by atoms with van der Waals surface area (Å²) >= 11 is 13.3. The fraction of sp³-hybridized carbons (Fsp3) is 0.587. The number of rotatable bonds is 10. The summed E-state index contributed by atoms with van der Waals surface area (Å²) in [4.78, 5) is 70.8. The lowest BCUT2D eigenvalue weighted by atomic mass is 9.90. The van der Waals surface area contributed by atoms with Crippen LogP contribution in [0.15, 0.2) is 54.6 Å². The molecule has 6 unspecified atom stereocenters. The van der Waals surface area contributed by atoms with Gasteiger partial charge in [-0.1, -0.05) is 74.8 Å². The minimum Gasteiger partial charge on any atom is -0.459 e. The van der Waals surface area contributed by atoms with Crippen LogP contribution in [0.3, 0.4) is 0 Å². The Balaban J connectivity index is 1.51. The number of halogens is 2. The first-order chi connectivity index (χ1) is 28.5. The van der Waals surface area contributed by atoms with Crippen molar-refractivity contribution in [3.63, 3.8) is 0 Å². The van der Waals surface area contributed by atoms with Crippen molar-refractivity contribution >= 4 is 53.0 Å². The molecule has 0 aliphatic carbocycles. The minimum absolute atomic E-state index is 0.000600. The average molecular weight is 888 g/mol. The first-order valence-electron chi connectivity index (χ1n) is 21.1. The smallest absolute Gasteiger partial charge is 0.410 e. The third kappa shape index (κ3) is 15.0. The highest BCUT2D eigenvalue weighted by Crippen LogP contribution is 2.33. The first-order valence-corrected chi connectivity index (χ1v) is 21.9. The number of hydrogen-bond acceptors (Lipinski definition) is 10. The number of ether oxygens (including phenoxy) is 3. The summed E-state index contributed by atoms with van der Waals surface area (Å²) in [5.74, 6) is -3.41. The summed E-state index contributed by atoms with van der Waals surface area (Å²) in [5.41, 5.74) is 1.46. The molecule has 4 rings (SSSR count). The molecule has 0 radical (unpaired) electrons. The summed E-state index contributed by atoms with van der Waals surface area (Å²) in [7, 11) is 0. The van der Waals surface area contributed by atoms with Crippen molar-refractivity contribution in [3.05, 3.63) is 81.9 Å². The standard InChI is InChI=1S/C46H64Cl2N4O9/c1-28(2)23-37-42(56)59-36(11-10-12-38(53)50-35(25-32-14-13-29(3)34(47)24-32)41(55)49-27-46(8,9)43(57)60-37)30(4)40(54)39(48)33-17-15-31(16-18-33)26-51-19-21-52(22-20-51)44(58)61-45(5,6)7/h10,12-18,24,28,30,35-37,39-40,54H,11,19-23,25-27H2,1-9H3,(H,49,55)(H,50,53)/b12-10+. The van der Waals surface area contributed by atoms with Gasteiger partial charge in [0.15, 0.2) is 6.10 Å². The van der Waals surface area contributed by atoms with Crippen molar-refractivity contribution in [1.82, 2.24) is 20.4 Å². The molecule has 1 fully saturated rings. The molecule has 336 valence electrons. The summed E-state index contributed by atoms with van der Waals surface area (Å²) < 4.78 is 17.4. The zero-order valence-corrected chi connectivity index (χ0v) is 38.5.